The van der Waals surface area contributed by atoms with E-state index < -0.39 is 0 Å². The summed E-state index contributed by atoms with van der Waals surface area (Å²) in [4.78, 5) is 29.9. The molecule has 0 aromatic heterocycles. The highest BCUT2D eigenvalue weighted by molar-refractivity contribution is 5.81. The summed E-state index contributed by atoms with van der Waals surface area (Å²) in [5.41, 5.74) is 1.25. The van der Waals surface area contributed by atoms with Gasteiger partial charge in [0, 0.05) is 45.6 Å². The van der Waals surface area contributed by atoms with Crippen molar-refractivity contribution in [2.75, 3.05) is 33.2 Å². The van der Waals surface area contributed by atoms with E-state index >= 15 is 0 Å². The average Bonchev–Trinajstić information content (AvgIpc) is 3.02. The van der Waals surface area contributed by atoms with Gasteiger partial charge in [-0.05, 0) is 25.8 Å². The number of amides is 1. The van der Waals surface area contributed by atoms with Crippen molar-refractivity contribution in [3.63, 3.8) is 0 Å². The van der Waals surface area contributed by atoms with Crippen molar-refractivity contribution in [2.45, 2.75) is 39.2 Å². The predicted molar refractivity (Wildman–Crippen MR) is 110 cm³/mol. The molecule has 1 aliphatic heterocycles. The quantitative estimate of drug-likeness (QED) is 0.381. The van der Waals surface area contributed by atoms with Crippen LogP contribution in [0.1, 0.15) is 32.3 Å². The highest BCUT2D eigenvalue weighted by Gasteiger charge is 2.29. The topological polar surface area (TPSA) is 83.0 Å². The van der Waals surface area contributed by atoms with Crippen LogP contribution in [0.3, 0.4) is 0 Å². The van der Waals surface area contributed by atoms with E-state index in [1.807, 2.05) is 36.9 Å². The van der Waals surface area contributed by atoms with E-state index in [2.05, 4.69) is 27.8 Å². The Kier molecular flexibility index (Phi) is 8.78. The first kappa shape index (κ1) is 21.7. The first-order valence-corrected chi connectivity index (χ1v) is 9.93. The lowest BCUT2D eigenvalue weighted by atomic mass is 10.1. The molecule has 1 aromatic carbocycles. The molecule has 7 heteroatoms. The molecule has 1 heterocycles. The molecule has 7 nitrogen and oxygen atoms in total. The van der Waals surface area contributed by atoms with Gasteiger partial charge in [0.05, 0.1) is 12.5 Å². The van der Waals surface area contributed by atoms with Crippen LogP contribution in [-0.2, 0) is 20.7 Å². The van der Waals surface area contributed by atoms with Crippen LogP contribution in [0, 0.1) is 5.92 Å². The largest absolute Gasteiger partial charge is 0.463 e. The summed E-state index contributed by atoms with van der Waals surface area (Å²) in [6.45, 7) is 6.30. The zero-order chi connectivity index (χ0) is 20.4. The highest BCUT2D eigenvalue weighted by Crippen LogP contribution is 2.17. The van der Waals surface area contributed by atoms with E-state index in [-0.39, 0.29) is 30.3 Å². The number of guanidine groups is 1. The lowest BCUT2D eigenvalue weighted by molar-refractivity contribution is -0.147. The van der Waals surface area contributed by atoms with E-state index in [0.717, 1.165) is 19.5 Å². The number of aliphatic imine (C=N–C) groups is 1. The minimum Gasteiger partial charge on any atom is -0.463 e. The van der Waals surface area contributed by atoms with E-state index in [9.17, 15) is 9.59 Å². The SMILES string of the molecule is CN=C(NCCC(=O)OC(C)C)NCC1CC(=O)N(CCc2ccccc2)C1. The van der Waals surface area contributed by atoms with Crippen LogP contribution < -0.4 is 10.6 Å². The molecule has 2 rings (SSSR count). The number of nitrogens with zero attached hydrogens (tertiary/aromatic N) is 2. The highest BCUT2D eigenvalue weighted by atomic mass is 16.5. The Morgan fingerprint density at radius 3 is 2.71 bits per heavy atom. The van der Waals surface area contributed by atoms with Crippen molar-refractivity contribution in [2.24, 2.45) is 10.9 Å². The van der Waals surface area contributed by atoms with Gasteiger partial charge in [-0.25, -0.2) is 0 Å². The van der Waals surface area contributed by atoms with Gasteiger partial charge < -0.3 is 20.3 Å². The van der Waals surface area contributed by atoms with Crippen molar-refractivity contribution >= 4 is 17.8 Å². The first-order chi connectivity index (χ1) is 13.5. The molecule has 154 valence electrons. The maximum Gasteiger partial charge on any atom is 0.307 e. The van der Waals surface area contributed by atoms with Crippen molar-refractivity contribution in [3.8, 4) is 0 Å². The number of carbonyl (C=O) groups is 2. The van der Waals surface area contributed by atoms with Gasteiger partial charge in [0.1, 0.15) is 0 Å². The van der Waals surface area contributed by atoms with Gasteiger partial charge in [0.15, 0.2) is 5.96 Å². The second-order valence-corrected chi connectivity index (χ2v) is 7.31. The first-order valence-electron chi connectivity index (χ1n) is 9.93. The van der Waals surface area contributed by atoms with E-state index in [1.165, 1.54) is 5.56 Å². The Morgan fingerprint density at radius 1 is 1.29 bits per heavy atom. The Balaban J connectivity index is 1.67. The minimum absolute atomic E-state index is 0.102. The summed E-state index contributed by atoms with van der Waals surface area (Å²) in [6.07, 6.45) is 1.62. The van der Waals surface area contributed by atoms with Crippen molar-refractivity contribution in [1.82, 2.24) is 15.5 Å². The number of hydrogen-bond donors (Lipinski definition) is 2. The number of benzene rings is 1. The molecule has 1 aliphatic rings. The molecule has 0 spiro atoms. The van der Waals surface area contributed by atoms with Crippen molar-refractivity contribution in [1.29, 1.82) is 0 Å². The zero-order valence-electron chi connectivity index (χ0n) is 17.1. The summed E-state index contributed by atoms with van der Waals surface area (Å²) in [6, 6.07) is 10.2. The molecule has 1 atom stereocenters. The molecule has 0 radical (unpaired) electrons. The Bertz CT molecular complexity index is 661. The lowest BCUT2D eigenvalue weighted by Gasteiger charge is -2.18. The third-order valence-corrected chi connectivity index (χ3v) is 4.58. The third-order valence-electron chi connectivity index (χ3n) is 4.58. The zero-order valence-corrected chi connectivity index (χ0v) is 17.1. The van der Waals surface area contributed by atoms with Crippen LogP contribution in [0.5, 0.6) is 0 Å². The van der Waals surface area contributed by atoms with E-state index in [4.69, 9.17) is 4.74 Å². The van der Waals surface area contributed by atoms with Gasteiger partial charge in [0.25, 0.3) is 0 Å². The number of hydrogen-bond acceptors (Lipinski definition) is 4. The molecule has 0 bridgehead atoms. The summed E-state index contributed by atoms with van der Waals surface area (Å²) in [5, 5.41) is 6.35. The Labute approximate surface area is 167 Å². The fourth-order valence-corrected chi connectivity index (χ4v) is 3.18. The number of rotatable bonds is 9. The molecule has 2 N–H and O–H groups in total. The van der Waals surface area contributed by atoms with Gasteiger partial charge >= 0.3 is 5.97 Å². The summed E-state index contributed by atoms with van der Waals surface area (Å²) in [5.74, 6) is 0.871. The van der Waals surface area contributed by atoms with Crippen LogP contribution in [0.15, 0.2) is 35.3 Å². The molecule has 1 saturated heterocycles. The number of esters is 1. The number of carbonyl (C=O) groups excluding carboxylic acids is 2. The molecule has 1 unspecified atom stereocenters. The molecular weight excluding hydrogens is 356 g/mol. The normalized spacial score (nSPS) is 17.1. The molecule has 1 aromatic rings. The van der Waals surface area contributed by atoms with Crippen LogP contribution >= 0.6 is 0 Å². The maximum absolute atomic E-state index is 12.3. The van der Waals surface area contributed by atoms with Crippen LogP contribution in [0.25, 0.3) is 0 Å². The number of ether oxygens (including phenoxy) is 1. The second kappa shape index (κ2) is 11.3. The van der Waals surface area contributed by atoms with Crippen molar-refractivity contribution in [3.05, 3.63) is 35.9 Å². The van der Waals surface area contributed by atoms with E-state index in [1.54, 1.807) is 7.05 Å². The summed E-state index contributed by atoms with van der Waals surface area (Å²) < 4.78 is 5.10. The van der Waals surface area contributed by atoms with Gasteiger partial charge in [-0.2, -0.15) is 0 Å². The average molecular weight is 389 g/mol. The summed E-state index contributed by atoms with van der Waals surface area (Å²) >= 11 is 0. The van der Waals surface area contributed by atoms with Crippen LogP contribution in [-0.4, -0.2) is 62.1 Å². The molecule has 1 fully saturated rings. The summed E-state index contributed by atoms with van der Waals surface area (Å²) in [7, 11) is 1.69. The maximum atomic E-state index is 12.3. The van der Waals surface area contributed by atoms with Gasteiger partial charge in [-0.3, -0.25) is 14.6 Å². The van der Waals surface area contributed by atoms with Crippen molar-refractivity contribution < 1.29 is 14.3 Å². The van der Waals surface area contributed by atoms with Gasteiger partial charge in [-0.15, -0.1) is 0 Å². The lowest BCUT2D eigenvalue weighted by Crippen LogP contribution is -2.41. The monoisotopic (exact) mass is 388 g/mol. The van der Waals surface area contributed by atoms with Gasteiger partial charge in [0.2, 0.25) is 5.91 Å². The number of likely N-dealkylation sites (tertiary alicyclic amines) is 1. The fourth-order valence-electron chi connectivity index (χ4n) is 3.18. The fraction of sp³-hybridized carbons (Fsp3) is 0.571. The molecule has 0 saturated carbocycles. The molecule has 0 aliphatic carbocycles. The van der Waals surface area contributed by atoms with Crippen LogP contribution in [0.4, 0.5) is 0 Å². The predicted octanol–water partition coefficient (Wildman–Crippen LogP) is 1.58. The Hall–Kier alpha value is -2.57. The molecule has 28 heavy (non-hydrogen) atoms. The molecule has 1 amide bonds. The van der Waals surface area contributed by atoms with Crippen LogP contribution in [0.2, 0.25) is 0 Å². The second-order valence-electron chi connectivity index (χ2n) is 7.31. The minimum atomic E-state index is -0.228. The van der Waals surface area contributed by atoms with Gasteiger partial charge in [-0.1, -0.05) is 30.3 Å². The molecular formula is C21H32N4O3. The third kappa shape index (κ3) is 7.58. The smallest absolute Gasteiger partial charge is 0.307 e. The van der Waals surface area contributed by atoms with E-state index in [0.29, 0.717) is 25.5 Å². The number of nitrogens with one attached hydrogen (secondary N) is 2. The Morgan fingerprint density at radius 2 is 2.04 bits per heavy atom. The standard InChI is InChI=1S/C21H32N4O3/c1-16(2)28-20(27)9-11-23-21(22-3)24-14-18-13-19(26)25(15-18)12-10-17-7-5-4-6-8-17/h4-8,16,18H,9-15H2,1-3H3,(H2,22,23,24).